The van der Waals surface area contributed by atoms with Crippen LogP contribution in [0.1, 0.15) is 38.5 Å². The lowest BCUT2D eigenvalue weighted by atomic mass is 9.94. The number of hydrogen-bond acceptors (Lipinski definition) is 8. The van der Waals surface area contributed by atoms with Crippen molar-refractivity contribution in [2.45, 2.75) is 38.5 Å². The van der Waals surface area contributed by atoms with Crippen LogP contribution in [0.4, 0.5) is 0 Å². The third-order valence-corrected chi connectivity index (χ3v) is 5.00. The van der Waals surface area contributed by atoms with Crippen LogP contribution >= 0.6 is 0 Å². The Morgan fingerprint density at radius 1 is 1.03 bits per heavy atom. The molecule has 2 heterocycles. The summed E-state index contributed by atoms with van der Waals surface area (Å²) in [5, 5.41) is 3.04. The molecule has 11 heteroatoms. The summed E-state index contributed by atoms with van der Waals surface area (Å²) in [4.78, 5) is 75.3. The van der Waals surface area contributed by atoms with Crippen molar-refractivity contribution in [2.75, 3.05) is 19.8 Å². The minimum atomic E-state index is -0.953. The molecular formula is C20H23N3O8. The van der Waals surface area contributed by atoms with Gasteiger partial charge in [0.25, 0.3) is 11.8 Å². The summed E-state index contributed by atoms with van der Waals surface area (Å²) < 4.78 is 4.96. The molecule has 0 saturated carbocycles. The van der Waals surface area contributed by atoms with Gasteiger partial charge in [0.1, 0.15) is 13.2 Å². The lowest BCUT2D eigenvalue weighted by Gasteiger charge is -2.29. The number of rotatable bonds is 9. The second kappa shape index (κ2) is 10.1. The monoisotopic (exact) mass is 433 g/mol. The summed E-state index contributed by atoms with van der Waals surface area (Å²) in [5.41, 5.74) is 0.574. The van der Waals surface area contributed by atoms with E-state index in [1.54, 1.807) is 6.08 Å². The molecule has 1 N–H and O–H groups in total. The fraction of sp³-hybridized carbons (Fsp3) is 0.500. The van der Waals surface area contributed by atoms with Gasteiger partial charge in [0.15, 0.2) is 0 Å². The van der Waals surface area contributed by atoms with Crippen LogP contribution in [0.15, 0.2) is 23.9 Å². The molecule has 0 radical (unpaired) electrons. The molecule has 2 aliphatic heterocycles. The van der Waals surface area contributed by atoms with Crippen molar-refractivity contribution >= 4 is 35.5 Å². The van der Waals surface area contributed by atoms with Gasteiger partial charge in [0.2, 0.25) is 17.7 Å². The first-order valence-electron chi connectivity index (χ1n) is 9.99. The quantitative estimate of drug-likeness (QED) is 0.387. The van der Waals surface area contributed by atoms with E-state index in [0.717, 1.165) is 0 Å². The Morgan fingerprint density at radius 2 is 1.77 bits per heavy atom. The number of imide groups is 2. The Labute approximate surface area is 177 Å². The van der Waals surface area contributed by atoms with Gasteiger partial charge < -0.3 is 14.9 Å². The smallest absolute Gasteiger partial charge is 0.358 e. The number of β-lactam (4-membered cyclic amide) rings is 1. The third-order valence-electron chi connectivity index (χ3n) is 5.00. The van der Waals surface area contributed by atoms with Crippen LogP contribution in [0.25, 0.3) is 0 Å². The summed E-state index contributed by atoms with van der Waals surface area (Å²) in [5.74, 6) is -2.76. The summed E-state index contributed by atoms with van der Waals surface area (Å²) >= 11 is 0. The van der Waals surface area contributed by atoms with E-state index in [-0.39, 0.29) is 30.6 Å². The number of nitrogens with one attached hydrogen (secondary N) is 1. The molecule has 3 rings (SSSR count). The molecular weight excluding hydrogens is 410 g/mol. The number of ether oxygens (including phenoxy) is 1. The first-order chi connectivity index (χ1) is 14.8. The van der Waals surface area contributed by atoms with Gasteiger partial charge in [-0.05, 0) is 24.8 Å². The number of nitrogens with zero attached hydrogens (tertiary/aromatic N) is 2. The molecule has 31 heavy (non-hydrogen) atoms. The van der Waals surface area contributed by atoms with Crippen molar-refractivity contribution in [1.29, 1.82) is 0 Å². The summed E-state index contributed by atoms with van der Waals surface area (Å²) in [6.45, 7) is -0.499. The van der Waals surface area contributed by atoms with Crippen molar-refractivity contribution < 1.29 is 38.3 Å². The molecule has 0 spiro atoms. The maximum absolute atomic E-state index is 11.9. The zero-order valence-electron chi connectivity index (χ0n) is 16.8. The van der Waals surface area contributed by atoms with E-state index < -0.39 is 36.9 Å². The number of hydrogen-bond donors (Lipinski definition) is 1. The summed E-state index contributed by atoms with van der Waals surface area (Å²) in [7, 11) is 0. The Bertz CT molecular complexity index is 846. The second-order valence-corrected chi connectivity index (χ2v) is 7.33. The fourth-order valence-electron chi connectivity index (χ4n) is 3.20. The summed E-state index contributed by atoms with van der Waals surface area (Å²) in [6.07, 6.45) is 7.41. The molecule has 0 aromatic heterocycles. The van der Waals surface area contributed by atoms with Crippen LogP contribution in [0.5, 0.6) is 0 Å². The predicted molar refractivity (Wildman–Crippen MR) is 102 cm³/mol. The van der Waals surface area contributed by atoms with Crippen molar-refractivity contribution in [2.24, 2.45) is 5.92 Å². The molecule has 1 unspecified atom stereocenters. The molecule has 1 aliphatic carbocycles. The lowest BCUT2D eigenvalue weighted by molar-refractivity contribution is -0.200. The zero-order valence-corrected chi connectivity index (χ0v) is 16.8. The Balaban J connectivity index is 1.29. The van der Waals surface area contributed by atoms with E-state index in [2.05, 4.69) is 10.2 Å². The van der Waals surface area contributed by atoms with Gasteiger partial charge >= 0.3 is 5.97 Å². The molecule has 2 saturated heterocycles. The molecule has 5 amide bonds. The van der Waals surface area contributed by atoms with Crippen molar-refractivity contribution in [3.8, 4) is 0 Å². The van der Waals surface area contributed by atoms with Crippen LogP contribution in [-0.2, 0) is 38.3 Å². The van der Waals surface area contributed by atoms with Crippen LogP contribution in [0.2, 0.25) is 0 Å². The van der Waals surface area contributed by atoms with E-state index >= 15 is 0 Å². The minimum absolute atomic E-state index is 0.00666. The summed E-state index contributed by atoms with van der Waals surface area (Å²) in [6, 6.07) is 0. The molecule has 11 nitrogen and oxygen atoms in total. The van der Waals surface area contributed by atoms with Gasteiger partial charge in [-0.25, -0.2) is 4.79 Å². The van der Waals surface area contributed by atoms with Crippen molar-refractivity contribution in [1.82, 2.24) is 15.3 Å². The van der Waals surface area contributed by atoms with E-state index in [0.29, 0.717) is 43.0 Å². The molecule has 2 fully saturated rings. The number of carbonyl (C=O) groups excluding carboxylic acids is 6. The highest BCUT2D eigenvalue weighted by atomic mass is 16.7. The first-order valence-corrected chi connectivity index (χ1v) is 9.99. The van der Waals surface area contributed by atoms with Gasteiger partial charge in [-0.3, -0.25) is 28.9 Å². The Morgan fingerprint density at radius 3 is 2.35 bits per heavy atom. The van der Waals surface area contributed by atoms with E-state index in [1.807, 2.05) is 12.2 Å². The highest BCUT2D eigenvalue weighted by molar-refractivity contribution is 6.01. The number of amides is 5. The highest BCUT2D eigenvalue weighted by Gasteiger charge is 2.33. The maximum Gasteiger partial charge on any atom is 0.358 e. The molecule has 3 aliphatic rings. The molecule has 0 aromatic rings. The first kappa shape index (κ1) is 22.3. The van der Waals surface area contributed by atoms with Gasteiger partial charge in [0, 0.05) is 37.9 Å². The zero-order chi connectivity index (χ0) is 22.4. The number of carbonyl (C=O) groups is 6. The average molecular weight is 433 g/mol. The van der Waals surface area contributed by atoms with Gasteiger partial charge in [-0.15, -0.1) is 5.06 Å². The standard InChI is InChI=1S/C20H23N3O8/c24-15(11-30-12-20(29)31-23-18(27)7-8-19(23)28)21-14-4-1-13(2-5-14)3-6-16(25)22-10-9-17(22)26/h1,4-5,13H,2-3,6-12H2,(H,21,24). The third kappa shape index (κ3) is 6.07. The van der Waals surface area contributed by atoms with Crippen molar-refractivity contribution in [3.63, 3.8) is 0 Å². The fourth-order valence-corrected chi connectivity index (χ4v) is 3.20. The van der Waals surface area contributed by atoms with Crippen molar-refractivity contribution in [3.05, 3.63) is 23.9 Å². The number of allylic oxidation sites excluding steroid dienone is 3. The molecule has 1 atom stereocenters. The molecule has 166 valence electrons. The second-order valence-electron chi connectivity index (χ2n) is 7.33. The average Bonchev–Trinajstić information content (AvgIpc) is 3.04. The largest absolute Gasteiger partial charge is 0.360 e. The Kier molecular flexibility index (Phi) is 7.29. The predicted octanol–water partition coefficient (Wildman–Crippen LogP) is -0.275. The minimum Gasteiger partial charge on any atom is -0.360 e. The maximum atomic E-state index is 11.9. The van der Waals surface area contributed by atoms with Crippen LogP contribution < -0.4 is 5.32 Å². The van der Waals surface area contributed by atoms with Gasteiger partial charge in [0.05, 0.1) is 0 Å². The topological polar surface area (TPSA) is 139 Å². The number of hydroxylamine groups is 2. The number of likely N-dealkylation sites (tertiary alicyclic amines) is 1. The highest BCUT2D eigenvalue weighted by Crippen LogP contribution is 2.21. The normalized spacial score (nSPS) is 20.5. The van der Waals surface area contributed by atoms with Gasteiger partial charge in [-0.2, -0.15) is 0 Å². The lowest BCUT2D eigenvalue weighted by Crippen LogP contribution is -2.47. The molecule has 0 aromatic carbocycles. The van der Waals surface area contributed by atoms with E-state index in [9.17, 15) is 28.8 Å². The van der Waals surface area contributed by atoms with Crippen LogP contribution in [0.3, 0.4) is 0 Å². The Hall–Kier alpha value is -3.34. The van der Waals surface area contributed by atoms with Crippen LogP contribution in [0, 0.1) is 5.92 Å². The van der Waals surface area contributed by atoms with E-state index in [4.69, 9.17) is 4.74 Å². The SMILES string of the molecule is O=C(COCC(=O)ON1C(=O)CCC1=O)NC1=CCC(CCC(=O)N2CCC2=O)C=C1. The van der Waals surface area contributed by atoms with Crippen LogP contribution in [-0.4, -0.2) is 65.2 Å². The van der Waals surface area contributed by atoms with Gasteiger partial charge in [-0.1, -0.05) is 12.2 Å². The molecule has 0 bridgehead atoms. The van der Waals surface area contributed by atoms with E-state index in [1.165, 1.54) is 4.90 Å².